The van der Waals surface area contributed by atoms with E-state index < -0.39 is 11.9 Å². The first-order valence-electron chi connectivity index (χ1n) is 9.77. The number of esters is 2. The van der Waals surface area contributed by atoms with E-state index in [0.717, 1.165) is 12.8 Å². The lowest BCUT2D eigenvalue weighted by Gasteiger charge is -2.11. The van der Waals surface area contributed by atoms with Gasteiger partial charge in [0.15, 0.2) is 0 Å². The Hall–Kier alpha value is -2.58. The van der Waals surface area contributed by atoms with E-state index in [1.165, 1.54) is 0 Å². The number of unbranched alkanes of at least 4 members (excludes halogenated alkanes) is 1. The highest BCUT2D eigenvalue weighted by Gasteiger charge is 2.10. The third kappa shape index (κ3) is 8.16. The van der Waals surface area contributed by atoms with E-state index in [9.17, 15) is 9.59 Å². The summed E-state index contributed by atoms with van der Waals surface area (Å²) in [4.78, 5) is 23.2. The highest BCUT2D eigenvalue weighted by molar-refractivity contribution is 9.10. The number of halogens is 2. The van der Waals surface area contributed by atoms with Crippen LogP contribution in [0.4, 0.5) is 0 Å². The zero-order chi connectivity index (χ0) is 23.7. The van der Waals surface area contributed by atoms with E-state index in [1.54, 1.807) is 50.2 Å². The number of benzene rings is 2. The van der Waals surface area contributed by atoms with Gasteiger partial charge in [-0.25, -0.2) is 9.59 Å². The van der Waals surface area contributed by atoms with Crippen molar-refractivity contribution in [3.63, 3.8) is 0 Å². The molecule has 0 aliphatic heterocycles. The molecule has 0 aliphatic rings. The van der Waals surface area contributed by atoms with Crippen molar-refractivity contribution in [3.8, 4) is 23.0 Å². The van der Waals surface area contributed by atoms with Crippen LogP contribution in [0.2, 0.25) is 0 Å². The molecule has 0 saturated heterocycles. The van der Waals surface area contributed by atoms with Crippen LogP contribution in [0.15, 0.2) is 69.6 Å². The molecule has 0 N–H and O–H groups in total. The highest BCUT2D eigenvalue weighted by atomic mass is 79.9. The molecule has 2 aromatic rings. The number of carbonyl (C=O) groups excluding carboxylic acids is 2. The van der Waals surface area contributed by atoms with Crippen LogP contribution in [0, 0.1) is 0 Å². The van der Waals surface area contributed by atoms with Crippen LogP contribution in [0.3, 0.4) is 0 Å². The number of hydrogen-bond acceptors (Lipinski definition) is 6. The predicted molar refractivity (Wildman–Crippen MR) is 129 cm³/mol. The van der Waals surface area contributed by atoms with E-state index >= 15 is 0 Å². The molecular formula is C24H24Br2O6. The van der Waals surface area contributed by atoms with E-state index in [4.69, 9.17) is 18.9 Å². The van der Waals surface area contributed by atoms with Crippen LogP contribution in [0.25, 0.3) is 0 Å². The van der Waals surface area contributed by atoms with Crippen molar-refractivity contribution in [2.45, 2.75) is 26.7 Å². The summed E-state index contributed by atoms with van der Waals surface area (Å²) in [7, 11) is 0. The molecule has 6 nitrogen and oxygen atoms in total. The van der Waals surface area contributed by atoms with Gasteiger partial charge in [0.2, 0.25) is 0 Å². The monoisotopic (exact) mass is 566 g/mol. The van der Waals surface area contributed by atoms with E-state index in [2.05, 4.69) is 45.0 Å². The summed E-state index contributed by atoms with van der Waals surface area (Å²) in [6, 6.07) is 10.2. The fraction of sp³-hybridized carbons (Fsp3) is 0.250. The van der Waals surface area contributed by atoms with Gasteiger partial charge in [-0.15, -0.1) is 0 Å². The van der Waals surface area contributed by atoms with Gasteiger partial charge >= 0.3 is 11.9 Å². The maximum atomic E-state index is 11.6. The topological polar surface area (TPSA) is 71.1 Å². The molecule has 0 saturated carbocycles. The Morgan fingerprint density at radius 3 is 1.44 bits per heavy atom. The van der Waals surface area contributed by atoms with Crippen molar-refractivity contribution >= 4 is 43.8 Å². The Morgan fingerprint density at radius 2 is 1.12 bits per heavy atom. The average molecular weight is 568 g/mol. The molecule has 0 radical (unpaired) electrons. The van der Waals surface area contributed by atoms with Gasteiger partial charge in [0.05, 0.1) is 22.2 Å². The summed E-state index contributed by atoms with van der Waals surface area (Å²) in [6.07, 6.45) is 1.57. The van der Waals surface area contributed by atoms with E-state index in [-0.39, 0.29) is 0 Å². The summed E-state index contributed by atoms with van der Waals surface area (Å²) in [5.41, 5.74) is 0.663. The molecule has 0 fully saturated rings. The molecule has 0 aliphatic carbocycles. The molecule has 0 bridgehead atoms. The van der Waals surface area contributed by atoms with Gasteiger partial charge in [-0.05, 0) is 94.9 Å². The van der Waals surface area contributed by atoms with Crippen LogP contribution in [-0.4, -0.2) is 25.2 Å². The van der Waals surface area contributed by atoms with Crippen molar-refractivity contribution in [2.24, 2.45) is 0 Å². The van der Waals surface area contributed by atoms with Crippen molar-refractivity contribution in [3.05, 3.63) is 69.6 Å². The molecule has 0 atom stereocenters. The molecule has 0 unspecified atom stereocenters. The Morgan fingerprint density at radius 1 is 0.750 bits per heavy atom. The summed E-state index contributed by atoms with van der Waals surface area (Å²) in [6.45, 7) is 11.3. The molecule has 0 amide bonds. The smallest absolute Gasteiger partial charge is 0.338 e. The lowest BCUT2D eigenvalue weighted by atomic mass is 10.3. The fourth-order valence-electron chi connectivity index (χ4n) is 2.28. The minimum absolute atomic E-state index is 0.331. The van der Waals surface area contributed by atoms with Crippen LogP contribution in [0.1, 0.15) is 26.7 Å². The Kier molecular flexibility index (Phi) is 9.99. The number of carbonyl (C=O) groups is 2. The first-order valence-corrected chi connectivity index (χ1v) is 11.4. The first-order chi connectivity index (χ1) is 15.2. The average Bonchev–Trinajstić information content (AvgIpc) is 2.73. The van der Waals surface area contributed by atoms with Gasteiger partial charge in [0.1, 0.15) is 23.0 Å². The SMILES string of the molecule is C=C(C)C(=O)Oc1ccc(OCCCCOc2ccc(OC(=O)C(=C)C)cc2Br)c(Br)c1. The zero-order valence-corrected chi connectivity index (χ0v) is 21.1. The normalized spacial score (nSPS) is 10.2. The summed E-state index contributed by atoms with van der Waals surface area (Å²) < 4.78 is 23.3. The minimum atomic E-state index is -0.472. The molecule has 0 aromatic heterocycles. The molecule has 8 heteroatoms. The molecule has 0 spiro atoms. The molecule has 0 heterocycles. The van der Waals surface area contributed by atoms with Crippen molar-refractivity contribution < 1.29 is 28.5 Å². The Labute approximate surface area is 204 Å². The summed E-state index contributed by atoms with van der Waals surface area (Å²) >= 11 is 6.84. The second-order valence-corrected chi connectivity index (χ2v) is 8.64. The Balaban J connectivity index is 1.73. The highest BCUT2D eigenvalue weighted by Crippen LogP contribution is 2.31. The maximum absolute atomic E-state index is 11.6. The van der Waals surface area contributed by atoms with Crippen LogP contribution < -0.4 is 18.9 Å². The van der Waals surface area contributed by atoms with E-state index in [0.29, 0.717) is 56.3 Å². The van der Waals surface area contributed by atoms with Crippen LogP contribution in [0.5, 0.6) is 23.0 Å². The predicted octanol–water partition coefficient (Wildman–Crippen LogP) is 6.41. The third-order valence-electron chi connectivity index (χ3n) is 3.98. The standard InChI is InChI=1S/C24H24Br2O6/c1-15(2)23(27)31-17-7-9-21(19(25)13-17)29-11-5-6-12-30-22-10-8-18(14-20(22)26)32-24(28)16(3)4/h7-10,13-14H,1,3,5-6,11-12H2,2,4H3. The second-order valence-electron chi connectivity index (χ2n) is 6.93. The third-order valence-corrected chi connectivity index (χ3v) is 5.22. The van der Waals surface area contributed by atoms with E-state index in [1.807, 2.05) is 0 Å². The molecule has 2 rings (SSSR count). The lowest BCUT2D eigenvalue weighted by Crippen LogP contribution is -2.08. The van der Waals surface area contributed by atoms with Crippen molar-refractivity contribution in [2.75, 3.05) is 13.2 Å². The van der Waals surface area contributed by atoms with Gasteiger partial charge in [-0.3, -0.25) is 0 Å². The second kappa shape index (κ2) is 12.5. The van der Waals surface area contributed by atoms with Gasteiger partial charge in [-0.1, -0.05) is 13.2 Å². The molecule has 170 valence electrons. The number of ether oxygens (including phenoxy) is 4. The number of rotatable bonds is 11. The maximum Gasteiger partial charge on any atom is 0.338 e. The first kappa shape index (κ1) is 25.7. The minimum Gasteiger partial charge on any atom is -0.492 e. The largest absolute Gasteiger partial charge is 0.492 e. The summed E-state index contributed by atoms with van der Waals surface area (Å²) in [5, 5.41) is 0. The Bertz CT molecular complexity index is 934. The lowest BCUT2D eigenvalue weighted by molar-refractivity contribution is -0.130. The fourth-order valence-corrected chi connectivity index (χ4v) is 3.23. The van der Waals surface area contributed by atoms with Gasteiger partial charge in [0, 0.05) is 11.1 Å². The molecular weight excluding hydrogens is 544 g/mol. The van der Waals surface area contributed by atoms with Crippen molar-refractivity contribution in [1.29, 1.82) is 0 Å². The molecule has 32 heavy (non-hydrogen) atoms. The summed E-state index contributed by atoms with van der Waals surface area (Å²) in [5.74, 6) is 1.19. The van der Waals surface area contributed by atoms with Gasteiger partial charge in [0.25, 0.3) is 0 Å². The quantitative estimate of drug-likeness (QED) is 0.135. The van der Waals surface area contributed by atoms with Crippen LogP contribution >= 0.6 is 31.9 Å². The zero-order valence-electron chi connectivity index (χ0n) is 17.9. The molecule has 2 aromatic carbocycles. The van der Waals surface area contributed by atoms with Crippen molar-refractivity contribution in [1.82, 2.24) is 0 Å². The van der Waals surface area contributed by atoms with Crippen LogP contribution in [-0.2, 0) is 9.59 Å². The number of hydrogen-bond donors (Lipinski definition) is 0. The van der Waals surface area contributed by atoms with Gasteiger partial charge in [-0.2, -0.15) is 0 Å². The van der Waals surface area contributed by atoms with Gasteiger partial charge < -0.3 is 18.9 Å².